The number of ether oxygens (including phenoxy) is 1. The fourth-order valence-electron chi connectivity index (χ4n) is 2.95. The van der Waals surface area contributed by atoms with Gasteiger partial charge in [-0.05, 0) is 42.2 Å². The molecule has 2 heterocycles. The van der Waals surface area contributed by atoms with E-state index < -0.39 is 0 Å². The quantitative estimate of drug-likeness (QED) is 0.795. The van der Waals surface area contributed by atoms with Crippen LogP contribution in [0.2, 0.25) is 0 Å². The van der Waals surface area contributed by atoms with E-state index in [-0.39, 0.29) is 18.4 Å². The van der Waals surface area contributed by atoms with E-state index in [0.29, 0.717) is 0 Å². The van der Waals surface area contributed by atoms with Gasteiger partial charge in [-0.25, -0.2) is 0 Å². The number of carbonyl (C=O) groups is 2. The molecule has 0 atom stereocenters. The Morgan fingerprint density at radius 1 is 1.30 bits per heavy atom. The number of rotatable bonds is 4. The SMILES string of the molecule is CN(CC(=O)N1CCCC1)C(=O)C=Cc1ccc2c(c1)CCO2. The van der Waals surface area contributed by atoms with Crippen LogP contribution < -0.4 is 4.74 Å². The third-order valence-corrected chi connectivity index (χ3v) is 4.34. The first-order valence-electron chi connectivity index (χ1n) is 8.10. The average Bonchev–Trinajstić information content (AvgIpc) is 3.22. The van der Waals surface area contributed by atoms with Gasteiger partial charge in [-0.2, -0.15) is 0 Å². The van der Waals surface area contributed by atoms with Gasteiger partial charge in [0.25, 0.3) is 0 Å². The molecule has 2 aliphatic rings. The molecule has 0 radical (unpaired) electrons. The van der Waals surface area contributed by atoms with Crippen molar-refractivity contribution in [1.29, 1.82) is 0 Å². The van der Waals surface area contributed by atoms with E-state index in [1.807, 2.05) is 23.1 Å². The maximum atomic E-state index is 12.1. The Morgan fingerprint density at radius 2 is 2.09 bits per heavy atom. The van der Waals surface area contributed by atoms with Crippen LogP contribution in [0.1, 0.15) is 24.0 Å². The Hall–Kier alpha value is -2.30. The maximum absolute atomic E-state index is 12.1. The predicted octanol–water partition coefficient (Wildman–Crippen LogP) is 1.72. The van der Waals surface area contributed by atoms with Crippen molar-refractivity contribution < 1.29 is 14.3 Å². The number of fused-ring (bicyclic) bond motifs is 1. The predicted molar refractivity (Wildman–Crippen MR) is 88.1 cm³/mol. The van der Waals surface area contributed by atoms with Gasteiger partial charge in [-0.3, -0.25) is 9.59 Å². The second kappa shape index (κ2) is 6.86. The lowest BCUT2D eigenvalue weighted by molar-refractivity contribution is -0.136. The second-order valence-corrected chi connectivity index (χ2v) is 6.08. The normalized spacial score (nSPS) is 16.5. The van der Waals surface area contributed by atoms with E-state index in [9.17, 15) is 9.59 Å². The molecule has 0 spiro atoms. The number of likely N-dealkylation sites (N-methyl/N-ethyl adjacent to an activating group) is 1. The molecular formula is C18H22N2O3. The molecule has 23 heavy (non-hydrogen) atoms. The van der Waals surface area contributed by atoms with Crippen LogP contribution in [0.4, 0.5) is 0 Å². The Bertz CT molecular complexity index is 633. The zero-order valence-corrected chi connectivity index (χ0v) is 13.5. The minimum atomic E-state index is -0.158. The summed E-state index contributed by atoms with van der Waals surface area (Å²) in [5, 5.41) is 0. The summed E-state index contributed by atoms with van der Waals surface area (Å²) >= 11 is 0. The molecule has 1 saturated heterocycles. The summed E-state index contributed by atoms with van der Waals surface area (Å²) in [6, 6.07) is 5.91. The lowest BCUT2D eigenvalue weighted by Gasteiger charge is -2.20. The van der Waals surface area contributed by atoms with E-state index in [1.54, 1.807) is 13.1 Å². The van der Waals surface area contributed by atoms with Gasteiger partial charge in [-0.15, -0.1) is 0 Å². The molecular weight excluding hydrogens is 292 g/mol. The van der Waals surface area contributed by atoms with Gasteiger partial charge in [0.1, 0.15) is 5.75 Å². The van der Waals surface area contributed by atoms with Crippen molar-refractivity contribution in [2.24, 2.45) is 0 Å². The lowest BCUT2D eigenvalue weighted by atomic mass is 10.1. The van der Waals surface area contributed by atoms with Crippen LogP contribution >= 0.6 is 0 Å². The van der Waals surface area contributed by atoms with Gasteiger partial charge in [-0.1, -0.05) is 6.07 Å². The van der Waals surface area contributed by atoms with Gasteiger partial charge in [0.2, 0.25) is 11.8 Å². The maximum Gasteiger partial charge on any atom is 0.246 e. The first-order valence-corrected chi connectivity index (χ1v) is 8.10. The first kappa shape index (κ1) is 15.6. The fraction of sp³-hybridized carbons (Fsp3) is 0.444. The molecule has 0 N–H and O–H groups in total. The van der Waals surface area contributed by atoms with Crippen LogP contribution in [0, 0.1) is 0 Å². The third kappa shape index (κ3) is 3.73. The average molecular weight is 314 g/mol. The van der Waals surface area contributed by atoms with E-state index >= 15 is 0 Å². The van der Waals surface area contributed by atoms with E-state index in [0.717, 1.165) is 50.3 Å². The highest BCUT2D eigenvalue weighted by Gasteiger charge is 2.20. The molecule has 122 valence electrons. The Morgan fingerprint density at radius 3 is 2.87 bits per heavy atom. The Labute approximate surface area is 136 Å². The van der Waals surface area contributed by atoms with Crippen molar-refractivity contribution >= 4 is 17.9 Å². The fourth-order valence-corrected chi connectivity index (χ4v) is 2.95. The number of likely N-dealkylation sites (tertiary alicyclic amines) is 1. The Balaban J connectivity index is 1.56. The zero-order valence-electron chi connectivity index (χ0n) is 13.5. The van der Waals surface area contributed by atoms with E-state index in [2.05, 4.69) is 0 Å². The molecule has 0 aliphatic carbocycles. The highest BCUT2D eigenvalue weighted by Crippen LogP contribution is 2.26. The topological polar surface area (TPSA) is 49.9 Å². The molecule has 2 aliphatic heterocycles. The summed E-state index contributed by atoms with van der Waals surface area (Å²) in [5.41, 5.74) is 2.15. The van der Waals surface area contributed by atoms with Gasteiger partial charge < -0.3 is 14.5 Å². The molecule has 5 nitrogen and oxygen atoms in total. The van der Waals surface area contributed by atoms with Crippen LogP contribution in [0.3, 0.4) is 0 Å². The Kier molecular flexibility index (Phi) is 4.65. The van der Waals surface area contributed by atoms with Crippen molar-refractivity contribution in [1.82, 2.24) is 9.80 Å². The van der Waals surface area contributed by atoms with Gasteiger partial charge in [0.05, 0.1) is 13.2 Å². The molecule has 0 unspecified atom stereocenters. The summed E-state index contributed by atoms with van der Waals surface area (Å²) in [7, 11) is 1.66. The van der Waals surface area contributed by atoms with Crippen LogP contribution in [0.15, 0.2) is 24.3 Å². The zero-order chi connectivity index (χ0) is 16.2. The van der Waals surface area contributed by atoms with Crippen LogP contribution in [-0.4, -0.2) is 54.9 Å². The molecule has 1 fully saturated rings. The third-order valence-electron chi connectivity index (χ3n) is 4.34. The highest BCUT2D eigenvalue weighted by atomic mass is 16.5. The molecule has 5 heteroatoms. The first-order chi connectivity index (χ1) is 11.1. The van der Waals surface area contributed by atoms with Crippen molar-refractivity contribution in [3.05, 3.63) is 35.4 Å². The van der Waals surface area contributed by atoms with Gasteiger partial charge in [0.15, 0.2) is 0 Å². The standard InChI is InChI=1S/C18H22N2O3/c1-19(13-18(22)20-9-2-3-10-20)17(21)7-5-14-4-6-16-15(12-14)8-11-23-16/h4-7,12H,2-3,8-11,13H2,1H3. The number of hydrogen-bond donors (Lipinski definition) is 0. The van der Waals surface area contributed by atoms with Crippen LogP contribution in [0.25, 0.3) is 6.08 Å². The number of benzene rings is 1. The highest BCUT2D eigenvalue weighted by molar-refractivity contribution is 5.94. The lowest BCUT2D eigenvalue weighted by Crippen LogP contribution is -2.39. The molecule has 1 aromatic rings. The summed E-state index contributed by atoms with van der Waals surface area (Å²) in [6.07, 6.45) is 6.35. The summed E-state index contributed by atoms with van der Waals surface area (Å²) in [6.45, 7) is 2.49. The smallest absolute Gasteiger partial charge is 0.246 e. The van der Waals surface area contributed by atoms with Crippen LogP contribution in [0.5, 0.6) is 5.75 Å². The monoisotopic (exact) mass is 314 g/mol. The summed E-state index contributed by atoms with van der Waals surface area (Å²) in [4.78, 5) is 27.5. The largest absolute Gasteiger partial charge is 0.493 e. The molecule has 0 saturated carbocycles. The minimum absolute atomic E-state index is 0.0291. The molecule has 0 aromatic heterocycles. The number of amides is 2. The minimum Gasteiger partial charge on any atom is -0.493 e. The molecule has 2 amide bonds. The molecule has 3 rings (SSSR count). The summed E-state index contributed by atoms with van der Waals surface area (Å²) in [5.74, 6) is 0.803. The van der Waals surface area contributed by atoms with Gasteiger partial charge >= 0.3 is 0 Å². The van der Waals surface area contributed by atoms with E-state index in [1.165, 1.54) is 16.5 Å². The molecule has 0 bridgehead atoms. The molecule has 1 aromatic carbocycles. The van der Waals surface area contributed by atoms with Crippen molar-refractivity contribution in [3.63, 3.8) is 0 Å². The second-order valence-electron chi connectivity index (χ2n) is 6.08. The van der Waals surface area contributed by atoms with E-state index in [4.69, 9.17) is 4.74 Å². The number of hydrogen-bond acceptors (Lipinski definition) is 3. The van der Waals surface area contributed by atoms with Gasteiger partial charge in [0, 0.05) is 32.6 Å². The van der Waals surface area contributed by atoms with Crippen molar-refractivity contribution in [3.8, 4) is 5.75 Å². The number of carbonyl (C=O) groups excluding carboxylic acids is 2. The number of nitrogens with zero attached hydrogens (tertiary/aromatic N) is 2. The summed E-state index contributed by atoms with van der Waals surface area (Å²) < 4.78 is 5.47. The van der Waals surface area contributed by atoms with Crippen molar-refractivity contribution in [2.75, 3.05) is 33.3 Å². The van der Waals surface area contributed by atoms with Crippen molar-refractivity contribution in [2.45, 2.75) is 19.3 Å². The van der Waals surface area contributed by atoms with Crippen LogP contribution in [-0.2, 0) is 16.0 Å².